The van der Waals surface area contributed by atoms with E-state index in [1.54, 1.807) is 0 Å². The molecule has 1 amide bonds. The summed E-state index contributed by atoms with van der Waals surface area (Å²) in [4.78, 5) is 13.4. The average molecular weight is 246 g/mol. The molecule has 13 heavy (non-hydrogen) atoms. The van der Waals surface area contributed by atoms with E-state index in [0.717, 1.165) is 19.6 Å². The molecule has 0 saturated carbocycles. The minimum Gasteiger partial charge on any atom is -0.381 e. The van der Waals surface area contributed by atoms with E-state index < -0.39 is 0 Å². The average Bonchev–Trinajstić information content (AvgIpc) is 2.51. The van der Waals surface area contributed by atoms with Gasteiger partial charge in [-0.3, -0.25) is 4.79 Å². The molecule has 3 nitrogen and oxygen atoms in total. The molecule has 1 unspecified atom stereocenters. The fourth-order valence-corrected chi connectivity index (χ4v) is 1.41. The van der Waals surface area contributed by atoms with Gasteiger partial charge in [0, 0.05) is 40.4 Å². The quantitative estimate of drug-likeness (QED) is 0.734. The summed E-state index contributed by atoms with van der Waals surface area (Å²) in [7, 11) is 0. The van der Waals surface area contributed by atoms with Crippen LogP contribution < -0.4 is 5.32 Å². The maximum absolute atomic E-state index is 11.0. The van der Waals surface area contributed by atoms with Crippen LogP contribution in [-0.4, -0.2) is 25.7 Å². The molecule has 4 heteroatoms. The Kier molecular flexibility index (Phi) is 3.76. The standard InChI is InChI=1S/C9H12BrNO2/c1-9(3-5-13-7-9)6-11-8(12)2-4-10/h3,5-7H2,1H3,(H,11,12). The minimum absolute atomic E-state index is 0.0870. The number of ether oxygens (including phenoxy) is 1. The topological polar surface area (TPSA) is 38.3 Å². The molecule has 1 heterocycles. The monoisotopic (exact) mass is 245 g/mol. The first-order valence-corrected chi connectivity index (χ1v) is 4.93. The van der Waals surface area contributed by atoms with E-state index in [9.17, 15) is 4.79 Å². The van der Waals surface area contributed by atoms with Gasteiger partial charge in [0.1, 0.15) is 0 Å². The number of hydrogen-bond donors (Lipinski definition) is 1. The van der Waals surface area contributed by atoms with Gasteiger partial charge in [-0.15, -0.1) is 0 Å². The zero-order valence-corrected chi connectivity index (χ0v) is 9.11. The van der Waals surface area contributed by atoms with E-state index in [4.69, 9.17) is 4.74 Å². The molecule has 0 aromatic heterocycles. The molecule has 0 spiro atoms. The summed E-state index contributed by atoms with van der Waals surface area (Å²) in [5, 5.41) is 2.74. The molecule has 1 saturated heterocycles. The third-order valence-corrected chi connectivity index (χ3v) is 2.34. The number of hydrogen-bond acceptors (Lipinski definition) is 2. The summed E-state index contributed by atoms with van der Waals surface area (Å²) in [5.41, 5.74) is 0.0870. The van der Waals surface area contributed by atoms with Crippen molar-refractivity contribution in [2.45, 2.75) is 13.3 Å². The summed E-state index contributed by atoms with van der Waals surface area (Å²) >= 11 is 2.87. The Hall–Kier alpha value is -0.530. The highest BCUT2D eigenvalue weighted by molar-refractivity contribution is 9.12. The van der Waals surface area contributed by atoms with E-state index in [-0.39, 0.29) is 11.3 Å². The van der Waals surface area contributed by atoms with Gasteiger partial charge in [-0.05, 0) is 11.3 Å². The van der Waals surface area contributed by atoms with Crippen LogP contribution in [-0.2, 0) is 9.53 Å². The van der Waals surface area contributed by atoms with Crippen LogP contribution in [0.15, 0.2) is 0 Å². The fourth-order valence-electron chi connectivity index (χ4n) is 1.23. The van der Waals surface area contributed by atoms with Crippen LogP contribution in [0.25, 0.3) is 0 Å². The van der Waals surface area contributed by atoms with E-state index in [1.165, 1.54) is 0 Å². The van der Waals surface area contributed by atoms with Crippen LogP contribution in [0.5, 0.6) is 0 Å². The summed E-state index contributed by atoms with van der Waals surface area (Å²) in [6.45, 7) is 4.24. The van der Waals surface area contributed by atoms with Crippen molar-refractivity contribution < 1.29 is 9.53 Å². The Balaban J connectivity index is 2.31. The van der Waals surface area contributed by atoms with Gasteiger partial charge in [0.2, 0.25) is 0 Å². The van der Waals surface area contributed by atoms with Crippen molar-refractivity contribution >= 4 is 21.8 Å². The molecule has 0 bridgehead atoms. The van der Waals surface area contributed by atoms with Gasteiger partial charge in [0.05, 0.1) is 6.61 Å². The Morgan fingerprint density at radius 1 is 1.77 bits per heavy atom. The molecular weight excluding hydrogens is 234 g/mol. The van der Waals surface area contributed by atoms with Gasteiger partial charge < -0.3 is 10.1 Å². The minimum atomic E-state index is -0.245. The zero-order valence-electron chi connectivity index (χ0n) is 7.52. The van der Waals surface area contributed by atoms with Crippen molar-refractivity contribution in [1.29, 1.82) is 0 Å². The lowest BCUT2D eigenvalue weighted by Gasteiger charge is -2.20. The molecule has 1 rings (SSSR count). The number of rotatable bonds is 2. The smallest absolute Gasteiger partial charge is 0.296 e. The van der Waals surface area contributed by atoms with E-state index in [0.29, 0.717) is 6.54 Å². The molecule has 0 radical (unpaired) electrons. The number of nitrogens with one attached hydrogen (secondary N) is 1. The first-order valence-electron chi connectivity index (χ1n) is 4.13. The highest BCUT2D eigenvalue weighted by Gasteiger charge is 2.29. The molecule has 0 aromatic carbocycles. The molecule has 1 atom stereocenters. The number of halogens is 1. The van der Waals surface area contributed by atoms with Gasteiger partial charge >= 0.3 is 0 Å². The maximum Gasteiger partial charge on any atom is 0.296 e. The molecule has 0 aromatic rings. The number of carbonyl (C=O) groups excluding carboxylic acids is 1. The lowest BCUT2D eigenvalue weighted by Crippen LogP contribution is -2.35. The predicted molar refractivity (Wildman–Crippen MR) is 53.3 cm³/mol. The summed E-state index contributed by atoms with van der Waals surface area (Å²) in [6.07, 6.45) is 0.995. The van der Waals surface area contributed by atoms with Crippen molar-refractivity contribution in [1.82, 2.24) is 5.32 Å². The van der Waals surface area contributed by atoms with E-state index >= 15 is 0 Å². The molecule has 1 aliphatic rings. The van der Waals surface area contributed by atoms with Gasteiger partial charge in [-0.25, -0.2) is 0 Å². The van der Waals surface area contributed by atoms with Crippen LogP contribution >= 0.6 is 15.9 Å². The number of carbonyl (C=O) groups is 1. The molecule has 72 valence electrons. The van der Waals surface area contributed by atoms with Crippen molar-refractivity contribution in [2.24, 2.45) is 5.41 Å². The van der Waals surface area contributed by atoms with E-state index in [1.807, 2.05) is 0 Å². The van der Waals surface area contributed by atoms with Gasteiger partial charge in [-0.1, -0.05) is 6.92 Å². The van der Waals surface area contributed by atoms with Crippen LogP contribution in [0, 0.1) is 16.2 Å². The van der Waals surface area contributed by atoms with Crippen LogP contribution in [0.4, 0.5) is 0 Å². The van der Waals surface area contributed by atoms with Crippen LogP contribution in [0.1, 0.15) is 13.3 Å². The molecule has 0 aliphatic carbocycles. The van der Waals surface area contributed by atoms with Crippen molar-refractivity contribution in [2.75, 3.05) is 19.8 Å². The Morgan fingerprint density at radius 3 is 3.08 bits per heavy atom. The summed E-state index contributed by atoms with van der Waals surface area (Å²) in [6, 6.07) is 0. The highest BCUT2D eigenvalue weighted by Crippen LogP contribution is 2.26. The normalized spacial score (nSPS) is 26.3. The predicted octanol–water partition coefficient (Wildman–Crippen LogP) is 0.885. The molecular formula is C9H12BrNO2. The SMILES string of the molecule is CC1(CNC(=O)C#CBr)CCOC1. The number of amides is 1. The molecule has 1 N–H and O–H groups in total. The van der Waals surface area contributed by atoms with Crippen molar-refractivity contribution in [3.63, 3.8) is 0 Å². The zero-order chi connectivity index (χ0) is 9.73. The highest BCUT2D eigenvalue weighted by atomic mass is 79.9. The Morgan fingerprint density at radius 2 is 2.54 bits per heavy atom. The molecule has 1 aliphatic heterocycles. The van der Waals surface area contributed by atoms with Crippen molar-refractivity contribution in [3.05, 3.63) is 0 Å². The second-order valence-electron chi connectivity index (χ2n) is 3.52. The van der Waals surface area contributed by atoms with E-state index in [2.05, 4.69) is 38.9 Å². The van der Waals surface area contributed by atoms with Gasteiger partial charge in [0.15, 0.2) is 0 Å². The fraction of sp³-hybridized carbons (Fsp3) is 0.667. The maximum atomic E-state index is 11.0. The Labute approximate surface area is 86.3 Å². The second kappa shape index (κ2) is 4.64. The third-order valence-electron chi connectivity index (χ3n) is 2.14. The summed E-state index contributed by atoms with van der Waals surface area (Å²) in [5.74, 6) is 2.12. The first kappa shape index (κ1) is 10.6. The lowest BCUT2D eigenvalue weighted by molar-refractivity contribution is -0.116. The Bertz CT molecular complexity index is 248. The second-order valence-corrected chi connectivity index (χ2v) is 3.91. The third kappa shape index (κ3) is 3.37. The lowest BCUT2D eigenvalue weighted by atomic mass is 9.90. The van der Waals surface area contributed by atoms with Crippen LogP contribution in [0.2, 0.25) is 0 Å². The van der Waals surface area contributed by atoms with Gasteiger partial charge in [0.25, 0.3) is 5.91 Å². The van der Waals surface area contributed by atoms with Crippen LogP contribution in [0.3, 0.4) is 0 Å². The largest absolute Gasteiger partial charge is 0.381 e. The first-order chi connectivity index (χ1) is 6.16. The van der Waals surface area contributed by atoms with Gasteiger partial charge in [-0.2, -0.15) is 0 Å². The molecule has 1 fully saturated rings. The summed E-state index contributed by atoms with van der Waals surface area (Å²) < 4.78 is 5.26. The van der Waals surface area contributed by atoms with Crippen molar-refractivity contribution in [3.8, 4) is 10.8 Å².